The van der Waals surface area contributed by atoms with Crippen LogP contribution in [0, 0.1) is 0 Å². The fraction of sp³-hybridized carbons (Fsp3) is 0.529. The standard InChI is InChI=1S/C34H48N8O6.2ClH/c35-27-11-7-25(8-12-27)23-37-31(43)39-15-19-41(20-16-39)33(45)47-29-3-1-4-30(6-2-5-29)48-34(46)42-21-17-40(18-22-42)32(44)38-24-26-9-13-28(36)14-10-26;;/h7-14,29-30H,1-6,15-24,35-36H2,(H,37,43)(H,38,44);2*1H. The molecule has 6 N–H and O–H groups in total. The van der Waals surface area contributed by atoms with E-state index >= 15 is 0 Å². The van der Waals surface area contributed by atoms with Gasteiger partial charge in [0.25, 0.3) is 0 Å². The van der Waals surface area contributed by atoms with Crippen molar-refractivity contribution in [2.45, 2.75) is 63.8 Å². The molecule has 0 unspecified atom stereocenters. The number of nitrogens with two attached hydrogens (primary N) is 2. The van der Waals surface area contributed by atoms with Crippen molar-refractivity contribution in [3.05, 3.63) is 59.7 Å². The summed E-state index contributed by atoms with van der Waals surface area (Å²) in [6, 6.07) is 14.4. The van der Waals surface area contributed by atoms with Crippen molar-refractivity contribution in [2.24, 2.45) is 0 Å². The number of urea groups is 2. The zero-order chi connectivity index (χ0) is 33.9. The predicted molar refractivity (Wildman–Crippen MR) is 195 cm³/mol. The molecule has 0 aromatic heterocycles. The van der Waals surface area contributed by atoms with Crippen molar-refractivity contribution in [3.63, 3.8) is 0 Å². The van der Waals surface area contributed by atoms with Crippen molar-refractivity contribution in [2.75, 3.05) is 63.8 Å². The van der Waals surface area contributed by atoms with Gasteiger partial charge in [0, 0.05) is 76.8 Å². The second-order valence-corrected chi connectivity index (χ2v) is 12.6. The van der Waals surface area contributed by atoms with Crippen LogP contribution in [0.1, 0.15) is 49.7 Å². The number of piperazine rings is 2. The summed E-state index contributed by atoms with van der Waals surface area (Å²) in [4.78, 5) is 57.8. The van der Waals surface area contributed by atoms with E-state index in [0.29, 0.717) is 103 Å². The van der Waals surface area contributed by atoms with E-state index in [2.05, 4.69) is 10.6 Å². The minimum Gasteiger partial charge on any atom is -0.446 e. The Morgan fingerprint density at radius 1 is 0.540 bits per heavy atom. The average molecular weight is 738 g/mol. The van der Waals surface area contributed by atoms with Gasteiger partial charge in [-0.15, -0.1) is 24.8 Å². The largest absolute Gasteiger partial charge is 0.446 e. The molecule has 16 heteroatoms. The van der Waals surface area contributed by atoms with Crippen LogP contribution in [-0.4, -0.2) is 108 Å². The van der Waals surface area contributed by atoms with Crippen LogP contribution in [0.2, 0.25) is 0 Å². The Bertz CT molecular complexity index is 1270. The Hall–Kier alpha value is -4.30. The van der Waals surface area contributed by atoms with E-state index in [-0.39, 0.29) is 61.3 Å². The van der Waals surface area contributed by atoms with Crippen LogP contribution in [0.5, 0.6) is 0 Å². The molecule has 1 saturated carbocycles. The number of anilines is 2. The van der Waals surface area contributed by atoms with Gasteiger partial charge in [-0.05, 0) is 73.9 Å². The molecule has 2 aliphatic heterocycles. The molecule has 0 spiro atoms. The van der Waals surface area contributed by atoms with E-state index < -0.39 is 0 Å². The molecule has 2 aromatic rings. The van der Waals surface area contributed by atoms with E-state index in [4.69, 9.17) is 20.9 Å². The molecule has 0 radical (unpaired) electrons. The number of nitrogen functional groups attached to an aromatic ring is 2. The van der Waals surface area contributed by atoms with Crippen LogP contribution in [0.15, 0.2) is 48.5 Å². The molecular weight excluding hydrogens is 687 g/mol. The van der Waals surface area contributed by atoms with Crippen LogP contribution >= 0.6 is 24.8 Å². The van der Waals surface area contributed by atoms with E-state index in [0.717, 1.165) is 24.0 Å². The summed E-state index contributed by atoms with van der Waals surface area (Å²) in [5.41, 5.74) is 14.7. The molecule has 2 saturated heterocycles. The van der Waals surface area contributed by atoms with Crippen molar-refractivity contribution in [1.82, 2.24) is 30.2 Å². The summed E-state index contributed by atoms with van der Waals surface area (Å²) < 4.78 is 11.7. The maximum Gasteiger partial charge on any atom is 0.410 e. The van der Waals surface area contributed by atoms with Gasteiger partial charge in [-0.25, -0.2) is 19.2 Å². The van der Waals surface area contributed by atoms with E-state index in [1.165, 1.54) is 0 Å². The number of nitrogens with zero attached hydrogens (tertiary/aromatic N) is 4. The van der Waals surface area contributed by atoms with Gasteiger partial charge in [0.2, 0.25) is 0 Å². The SMILES string of the molecule is Cl.Cl.Nc1ccc(CNC(=O)N2CCN(C(=O)OC3CCCC(OC(=O)N4CCN(C(=O)NCc5ccc(N)cc5)CC4)CCC3)CC2)cc1. The highest BCUT2D eigenvalue weighted by molar-refractivity contribution is 5.85. The van der Waals surface area contributed by atoms with Crippen LogP contribution in [0.4, 0.5) is 30.6 Å². The van der Waals surface area contributed by atoms with Gasteiger partial charge in [0.15, 0.2) is 0 Å². The number of halogens is 2. The summed E-state index contributed by atoms with van der Waals surface area (Å²) >= 11 is 0. The molecule has 5 rings (SSSR count). The molecule has 2 aromatic carbocycles. The minimum atomic E-state index is -0.344. The van der Waals surface area contributed by atoms with Gasteiger partial charge in [-0.2, -0.15) is 0 Å². The first kappa shape index (κ1) is 40.1. The topological polar surface area (TPSA) is 176 Å². The number of hydrogen-bond acceptors (Lipinski definition) is 8. The number of hydrogen-bond donors (Lipinski definition) is 4. The molecule has 2 heterocycles. The lowest BCUT2D eigenvalue weighted by molar-refractivity contribution is 0.0196. The number of ether oxygens (including phenoxy) is 2. The predicted octanol–water partition coefficient (Wildman–Crippen LogP) is 4.41. The summed E-state index contributed by atoms with van der Waals surface area (Å²) in [5.74, 6) is 0. The third-order valence-electron chi connectivity index (χ3n) is 9.14. The van der Waals surface area contributed by atoms with Gasteiger partial charge >= 0.3 is 24.2 Å². The fourth-order valence-electron chi connectivity index (χ4n) is 6.14. The number of carbonyl (C=O) groups is 4. The summed E-state index contributed by atoms with van der Waals surface area (Å²) in [6.07, 6.45) is 3.32. The number of amides is 6. The normalized spacial score (nSPS) is 19.4. The third-order valence-corrected chi connectivity index (χ3v) is 9.14. The number of carbonyl (C=O) groups excluding carboxylic acids is 4. The van der Waals surface area contributed by atoms with E-state index in [1.54, 1.807) is 43.9 Å². The quantitative estimate of drug-likeness (QED) is 0.315. The van der Waals surface area contributed by atoms with Crippen molar-refractivity contribution in [3.8, 4) is 0 Å². The highest BCUT2D eigenvalue weighted by Crippen LogP contribution is 2.24. The lowest BCUT2D eigenvalue weighted by Gasteiger charge is -2.36. The highest BCUT2D eigenvalue weighted by atomic mass is 35.5. The molecule has 0 bridgehead atoms. The van der Waals surface area contributed by atoms with Crippen molar-refractivity contribution >= 4 is 60.4 Å². The minimum absolute atomic E-state index is 0. The molecule has 6 amide bonds. The summed E-state index contributed by atoms with van der Waals surface area (Å²) in [6.45, 7) is 4.24. The van der Waals surface area contributed by atoms with Crippen LogP contribution in [-0.2, 0) is 22.6 Å². The monoisotopic (exact) mass is 736 g/mol. The number of nitrogens with one attached hydrogen (secondary N) is 2. The molecule has 3 aliphatic rings. The summed E-state index contributed by atoms with van der Waals surface area (Å²) in [5, 5.41) is 5.84. The van der Waals surface area contributed by atoms with Gasteiger partial charge in [0.1, 0.15) is 12.2 Å². The Morgan fingerprint density at radius 2 is 0.840 bits per heavy atom. The number of benzene rings is 2. The zero-order valence-electron chi connectivity index (χ0n) is 28.3. The van der Waals surface area contributed by atoms with Crippen molar-refractivity contribution < 1.29 is 28.7 Å². The van der Waals surface area contributed by atoms with Gasteiger partial charge < -0.3 is 51.2 Å². The fourth-order valence-corrected chi connectivity index (χ4v) is 6.14. The summed E-state index contributed by atoms with van der Waals surface area (Å²) in [7, 11) is 0. The Balaban J connectivity index is 0.00000338. The highest BCUT2D eigenvalue weighted by Gasteiger charge is 2.30. The Labute approximate surface area is 305 Å². The van der Waals surface area contributed by atoms with Crippen LogP contribution in [0.3, 0.4) is 0 Å². The maximum atomic E-state index is 12.9. The zero-order valence-corrected chi connectivity index (χ0v) is 29.9. The number of rotatable bonds is 6. The second kappa shape index (κ2) is 19.8. The first-order chi connectivity index (χ1) is 23.2. The Morgan fingerprint density at radius 3 is 1.16 bits per heavy atom. The molecule has 50 heavy (non-hydrogen) atoms. The maximum absolute atomic E-state index is 12.9. The van der Waals surface area contributed by atoms with Crippen LogP contribution in [0.25, 0.3) is 0 Å². The Kier molecular flexibility index (Phi) is 15.9. The van der Waals surface area contributed by atoms with Gasteiger partial charge in [-0.1, -0.05) is 24.3 Å². The lowest BCUT2D eigenvalue weighted by Crippen LogP contribution is -2.53. The lowest BCUT2D eigenvalue weighted by atomic mass is 9.96. The van der Waals surface area contributed by atoms with Crippen LogP contribution < -0.4 is 22.1 Å². The first-order valence-corrected chi connectivity index (χ1v) is 16.9. The third kappa shape index (κ3) is 11.9. The van der Waals surface area contributed by atoms with E-state index in [1.807, 2.05) is 24.3 Å². The molecule has 0 atom stereocenters. The second-order valence-electron chi connectivity index (χ2n) is 12.6. The van der Waals surface area contributed by atoms with Gasteiger partial charge in [0.05, 0.1) is 0 Å². The molecule has 1 aliphatic carbocycles. The molecular formula is C34H50Cl2N8O6. The smallest absolute Gasteiger partial charge is 0.410 e. The van der Waals surface area contributed by atoms with E-state index in [9.17, 15) is 19.2 Å². The molecule has 14 nitrogen and oxygen atoms in total. The van der Waals surface area contributed by atoms with Crippen molar-refractivity contribution in [1.29, 1.82) is 0 Å². The van der Waals surface area contributed by atoms with Gasteiger partial charge in [-0.3, -0.25) is 0 Å². The molecule has 276 valence electrons. The molecule has 3 fully saturated rings. The average Bonchev–Trinajstić information content (AvgIpc) is 3.09. The first-order valence-electron chi connectivity index (χ1n) is 16.9.